The van der Waals surface area contributed by atoms with Gasteiger partial charge in [0.15, 0.2) is 0 Å². The lowest BCUT2D eigenvalue weighted by Gasteiger charge is -2.12. The first-order chi connectivity index (χ1) is 9.53. The molecule has 20 heavy (non-hydrogen) atoms. The van der Waals surface area contributed by atoms with E-state index in [9.17, 15) is 12.8 Å². The Balaban J connectivity index is 2.03. The van der Waals surface area contributed by atoms with E-state index in [4.69, 9.17) is 10.5 Å². The SMILES string of the molecule is NCc1ccc(F)cc1S(=O)(=O)NCCC1CCOC1. The van der Waals surface area contributed by atoms with E-state index < -0.39 is 15.8 Å². The number of nitrogens with two attached hydrogens (primary N) is 1. The van der Waals surface area contributed by atoms with Crippen molar-refractivity contribution in [2.75, 3.05) is 19.8 Å². The van der Waals surface area contributed by atoms with Crippen LogP contribution in [-0.2, 0) is 21.3 Å². The smallest absolute Gasteiger partial charge is 0.240 e. The lowest BCUT2D eigenvalue weighted by atomic mass is 10.1. The predicted octanol–water partition coefficient (Wildman–Crippen LogP) is 0.989. The number of benzene rings is 1. The summed E-state index contributed by atoms with van der Waals surface area (Å²) in [5, 5.41) is 0. The highest BCUT2D eigenvalue weighted by Gasteiger charge is 2.20. The van der Waals surface area contributed by atoms with E-state index in [1.54, 1.807) is 0 Å². The van der Waals surface area contributed by atoms with Crippen LogP contribution in [0.2, 0.25) is 0 Å². The van der Waals surface area contributed by atoms with Crippen molar-refractivity contribution >= 4 is 10.0 Å². The van der Waals surface area contributed by atoms with Crippen molar-refractivity contribution in [2.45, 2.75) is 24.3 Å². The average molecular weight is 302 g/mol. The molecule has 0 radical (unpaired) electrons. The molecule has 1 aliphatic heterocycles. The Labute approximate surface area is 118 Å². The fourth-order valence-electron chi connectivity index (χ4n) is 2.23. The molecule has 1 unspecified atom stereocenters. The Kier molecular flexibility index (Phi) is 5.09. The summed E-state index contributed by atoms with van der Waals surface area (Å²) >= 11 is 0. The number of nitrogens with one attached hydrogen (secondary N) is 1. The first-order valence-corrected chi connectivity index (χ1v) is 8.07. The maximum absolute atomic E-state index is 13.2. The third-order valence-electron chi connectivity index (χ3n) is 3.41. The zero-order chi connectivity index (χ0) is 14.6. The molecule has 1 heterocycles. The molecule has 0 saturated carbocycles. The lowest BCUT2D eigenvalue weighted by Crippen LogP contribution is -2.27. The zero-order valence-electron chi connectivity index (χ0n) is 11.1. The number of hydrogen-bond acceptors (Lipinski definition) is 4. The third-order valence-corrected chi connectivity index (χ3v) is 4.95. The van der Waals surface area contributed by atoms with Gasteiger partial charge in [-0.2, -0.15) is 0 Å². The lowest BCUT2D eigenvalue weighted by molar-refractivity contribution is 0.184. The number of ether oxygens (including phenoxy) is 1. The molecule has 112 valence electrons. The van der Waals surface area contributed by atoms with Crippen LogP contribution in [0.3, 0.4) is 0 Å². The van der Waals surface area contributed by atoms with Crippen molar-refractivity contribution in [2.24, 2.45) is 11.7 Å². The van der Waals surface area contributed by atoms with E-state index >= 15 is 0 Å². The first-order valence-electron chi connectivity index (χ1n) is 6.59. The molecule has 5 nitrogen and oxygen atoms in total. The van der Waals surface area contributed by atoms with Crippen molar-refractivity contribution in [3.05, 3.63) is 29.6 Å². The minimum absolute atomic E-state index is 0.0486. The Hall–Kier alpha value is -1.02. The second-order valence-electron chi connectivity index (χ2n) is 4.87. The van der Waals surface area contributed by atoms with Gasteiger partial charge in [-0.25, -0.2) is 17.5 Å². The van der Waals surface area contributed by atoms with Gasteiger partial charge in [0.2, 0.25) is 10.0 Å². The Morgan fingerprint density at radius 2 is 2.25 bits per heavy atom. The van der Waals surface area contributed by atoms with Gasteiger partial charge in [0.25, 0.3) is 0 Å². The van der Waals surface area contributed by atoms with Gasteiger partial charge in [0, 0.05) is 26.3 Å². The van der Waals surface area contributed by atoms with Crippen molar-refractivity contribution in [3.8, 4) is 0 Å². The van der Waals surface area contributed by atoms with Gasteiger partial charge in [-0.05, 0) is 36.5 Å². The molecule has 2 rings (SSSR count). The molecule has 1 saturated heterocycles. The zero-order valence-corrected chi connectivity index (χ0v) is 12.0. The molecule has 3 N–H and O–H groups in total. The van der Waals surface area contributed by atoms with Crippen molar-refractivity contribution < 1.29 is 17.5 Å². The molecule has 1 aromatic rings. The van der Waals surface area contributed by atoms with Crippen LogP contribution in [0.25, 0.3) is 0 Å². The Bertz CT molecular complexity index is 557. The largest absolute Gasteiger partial charge is 0.381 e. The fraction of sp³-hybridized carbons (Fsp3) is 0.538. The van der Waals surface area contributed by atoms with Crippen molar-refractivity contribution in [3.63, 3.8) is 0 Å². The Morgan fingerprint density at radius 1 is 1.45 bits per heavy atom. The van der Waals surface area contributed by atoms with Crippen LogP contribution in [0.1, 0.15) is 18.4 Å². The molecule has 0 aliphatic carbocycles. The van der Waals surface area contributed by atoms with Crippen LogP contribution in [-0.4, -0.2) is 28.2 Å². The summed E-state index contributed by atoms with van der Waals surface area (Å²) in [6, 6.07) is 3.61. The normalized spacial score (nSPS) is 19.4. The summed E-state index contributed by atoms with van der Waals surface area (Å²) in [5.74, 6) is -0.203. The minimum Gasteiger partial charge on any atom is -0.381 e. The second-order valence-corrected chi connectivity index (χ2v) is 6.61. The van der Waals surface area contributed by atoms with Gasteiger partial charge in [-0.1, -0.05) is 6.07 Å². The monoisotopic (exact) mass is 302 g/mol. The average Bonchev–Trinajstić information content (AvgIpc) is 2.91. The summed E-state index contributed by atoms with van der Waals surface area (Å²) in [6.07, 6.45) is 1.67. The first kappa shape index (κ1) is 15.4. The molecule has 1 fully saturated rings. The molecule has 0 bridgehead atoms. The van der Waals surface area contributed by atoms with Gasteiger partial charge >= 0.3 is 0 Å². The molecular formula is C13H19FN2O3S. The van der Waals surface area contributed by atoms with E-state index in [0.29, 0.717) is 31.1 Å². The third kappa shape index (κ3) is 3.76. The van der Waals surface area contributed by atoms with E-state index in [2.05, 4.69) is 4.72 Å². The van der Waals surface area contributed by atoms with Crippen molar-refractivity contribution in [1.82, 2.24) is 4.72 Å². The van der Waals surface area contributed by atoms with Crippen LogP contribution in [0.4, 0.5) is 4.39 Å². The molecule has 0 spiro atoms. The quantitative estimate of drug-likeness (QED) is 0.821. The molecule has 1 atom stereocenters. The highest BCUT2D eigenvalue weighted by molar-refractivity contribution is 7.89. The summed E-state index contributed by atoms with van der Waals surface area (Å²) < 4.78 is 45.3. The molecular weight excluding hydrogens is 283 g/mol. The predicted molar refractivity (Wildman–Crippen MR) is 73.0 cm³/mol. The summed E-state index contributed by atoms with van der Waals surface area (Å²) in [4.78, 5) is -0.0809. The van der Waals surface area contributed by atoms with Gasteiger partial charge in [0.1, 0.15) is 5.82 Å². The number of rotatable bonds is 6. The maximum atomic E-state index is 13.2. The van der Waals surface area contributed by atoms with E-state index in [0.717, 1.165) is 19.1 Å². The van der Waals surface area contributed by atoms with Gasteiger partial charge < -0.3 is 10.5 Å². The fourth-order valence-corrected chi connectivity index (χ4v) is 3.54. The van der Waals surface area contributed by atoms with Crippen LogP contribution >= 0.6 is 0 Å². The van der Waals surface area contributed by atoms with Gasteiger partial charge in [-0.15, -0.1) is 0 Å². The van der Waals surface area contributed by atoms with E-state index in [1.165, 1.54) is 12.1 Å². The summed E-state index contributed by atoms with van der Waals surface area (Å²) in [6.45, 7) is 1.78. The number of hydrogen-bond donors (Lipinski definition) is 2. The molecule has 7 heteroatoms. The number of sulfonamides is 1. The molecule has 1 aliphatic rings. The van der Waals surface area contributed by atoms with Crippen LogP contribution < -0.4 is 10.5 Å². The standard InChI is InChI=1S/C13H19FN2O3S/c14-12-2-1-11(8-15)13(7-12)20(17,18)16-5-3-10-4-6-19-9-10/h1-2,7,10,16H,3-6,8-9,15H2. The van der Waals surface area contributed by atoms with Crippen molar-refractivity contribution in [1.29, 1.82) is 0 Å². The highest BCUT2D eigenvalue weighted by atomic mass is 32.2. The van der Waals surface area contributed by atoms with Crippen LogP contribution in [0.5, 0.6) is 0 Å². The van der Waals surface area contributed by atoms with Gasteiger partial charge in [-0.3, -0.25) is 0 Å². The highest BCUT2D eigenvalue weighted by Crippen LogP contribution is 2.18. The Morgan fingerprint density at radius 3 is 2.90 bits per heavy atom. The topological polar surface area (TPSA) is 81.4 Å². The van der Waals surface area contributed by atoms with Crippen LogP contribution in [0, 0.1) is 11.7 Å². The minimum atomic E-state index is -3.73. The summed E-state index contributed by atoms with van der Waals surface area (Å²) in [7, 11) is -3.73. The molecule has 0 amide bonds. The maximum Gasteiger partial charge on any atom is 0.240 e. The molecule has 0 aromatic heterocycles. The number of halogens is 1. The van der Waals surface area contributed by atoms with E-state index in [1.807, 2.05) is 0 Å². The second kappa shape index (κ2) is 6.62. The van der Waals surface area contributed by atoms with Gasteiger partial charge in [0.05, 0.1) is 4.90 Å². The molecule has 1 aromatic carbocycles. The van der Waals surface area contributed by atoms with E-state index in [-0.39, 0.29) is 11.4 Å². The summed E-state index contributed by atoms with van der Waals surface area (Å²) in [5.41, 5.74) is 5.90. The van der Waals surface area contributed by atoms with Crippen LogP contribution in [0.15, 0.2) is 23.1 Å².